The molecule has 0 unspecified atom stereocenters. The summed E-state index contributed by atoms with van der Waals surface area (Å²) in [5.74, 6) is -0.256. The number of halogens is 2. The predicted octanol–water partition coefficient (Wildman–Crippen LogP) is 3.50. The van der Waals surface area contributed by atoms with E-state index in [1.807, 2.05) is 26.8 Å². The molecule has 0 atom stereocenters. The van der Waals surface area contributed by atoms with Crippen LogP contribution < -0.4 is 5.32 Å². The Morgan fingerprint density at radius 3 is 2.63 bits per heavy atom. The van der Waals surface area contributed by atoms with Crippen molar-refractivity contribution in [1.29, 1.82) is 0 Å². The molecule has 102 valence electrons. The van der Waals surface area contributed by atoms with Crippen LogP contribution in [-0.4, -0.2) is 16.3 Å². The third kappa shape index (κ3) is 2.87. The van der Waals surface area contributed by atoms with Gasteiger partial charge in [0, 0.05) is 6.54 Å². The second kappa shape index (κ2) is 5.84. The molecule has 0 saturated heterocycles. The lowest BCUT2D eigenvalue weighted by atomic mass is 10.2. The molecular formula is C14H17BrFN3. The highest BCUT2D eigenvalue weighted by atomic mass is 79.9. The molecule has 2 rings (SSSR count). The van der Waals surface area contributed by atoms with E-state index < -0.39 is 0 Å². The summed E-state index contributed by atoms with van der Waals surface area (Å²) in [4.78, 5) is 0. The zero-order valence-electron chi connectivity index (χ0n) is 11.3. The number of hydrogen-bond acceptors (Lipinski definition) is 2. The molecule has 1 aromatic heterocycles. The van der Waals surface area contributed by atoms with Gasteiger partial charge in [0.1, 0.15) is 11.5 Å². The first-order valence-electron chi connectivity index (χ1n) is 6.25. The van der Waals surface area contributed by atoms with Gasteiger partial charge >= 0.3 is 0 Å². The van der Waals surface area contributed by atoms with Gasteiger partial charge in [0.25, 0.3) is 0 Å². The lowest BCUT2D eigenvalue weighted by molar-refractivity contribution is 0.603. The molecule has 0 aliphatic carbocycles. The molecular weight excluding hydrogens is 309 g/mol. The maximum absolute atomic E-state index is 14.2. The van der Waals surface area contributed by atoms with Crippen LogP contribution in [0.2, 0.25) is 0 Å². The standard InChI is InChI=1S/C14H17BrFN3/c1-4-17-8-11-5-6-13(12(16)7-11)19-10(3)14(15)9(2)18-19/h5-7,17H,4,8H2,1-3H3. The molecule has 0 aliphatic heterocycles. The average Bonchev–Trinajstić information content (AvgIpc) is 2.64. The zero-order chi connectivity index (χ0) is 14.0. The van der Waals surface area contributed by atoms with Crippen molar-refractivity contribution < 1.29 is 4.39 Å². The molecule has 0 amide bonds. The van der Waals surface area contributed by atoms with Crippen LogP contribution in [-0.2, 0) is 6.54 Å². The summed E-state index contributed by atoms with van der Waals surface area (Å²) in [5, 5.41) is 7.53. The first-order chi connectivity index (χ1) is 9.04. The van der Waals surface area contributed by atoms with Gasteiger partial charge in [0.05, 0.1) is 15.9 Å². The summed E-state index contributed by atoms with van der Waals surface area (Å²) in [7, 11) is 0. The summed E-state index contributed by atoms with van der Waals surface area (Å²) in [6, 6.07) is 5.25. The van der Waals surface area contributed by atoms with E-state index in [4.69, 9.17) is 0 Å². The Balaban J connectivity index is 2.37. The van der Waals surface area contributed by atoms with E-state index in [-0.39, 0.29) is 5.82 Å². The van der Waals surface area contributed by atoms with Gasteiger partial charge in [-0.25, -0.2) is 9.07 Å². The van der Waals surface area contributed by atoms with Crippen molar-refractivity contribution in [2.75, 3.05) is 6.54 Å². The normalized spacial score (nSPS) is 11.0. The lowest BCUT2D eigenvalue weighted by Gasteiger charge is -2.08. The molecule has 0 saturated carbocycles. The van der Waals surface area contributed by atoms with Gasteiger partial charge in [-0.3, -0.25) is 0 Å². The third-order valence-corrected chi connectivity index (χ3v) is 4.17. The maximum Gasteiger partial charge on any atom is 0.149 e. The Kier molecular flexibility index (Phi) is 4.37. The molecule has 19 heavy (non-hydrogen) atoms. The van der Waals surface area contributed by atoms with Crippen molar-refractivity contribution >= 4 is 15.9 Å². The topological polar surface area (TPSA) is 29.9 Å². The number of hydrogen-bond donors (Lipinski definition) is 1. The van der Waals surface area contributed by atoms with Gasteiger partial charge in [0.2, 0.25) is 0 Å². The molecule has 1 N–H and O–H groups in total. The Morgan fingerprint density at radius 2 is 2.11 bits per heavy atom. The van der Waals surface area contributed by atoms with E-state index in [0.717, 1.165) is 28.0 Å². The van der Waals surface area contributed by atoms with E-state index in [0.29, 0.717) is 12.2 Å². The SMILES string of the molecule is CCNCc1ccc(-n2nc(C)c(Br)c2C)c(F)c1. The van der Waals surface area contributed by atoms with E-state index in [2.05, 4.69) is 26.3 Å². The minimum absolute atomic E-state index is 0.256. The molecule has 1 heterocycles. The fraction of sp³-hybridized carbons (Fsp3) is 0.357. The van der Waals surface area contributed by atoms with Crippen molar-refractivity contribution in [1.82, 2.24) is 15.1 Å². The zero-order valence-corrected chi connectivity index (χ0v) is 12.9. The molecule has 1 aromatic carbocycles. The van der Waals surface area contributed by atoms with Crippen LogP contribution in [0, 0.1) is 19.7 Å². The molecule has 0 fully saturated rings. The highest BCUT2D eigenvalue weighted by molar-refractivity contribution is 9.10. The van der Waals surface area contributed by atoms with Gasteiger partial charge in [-0.1, -0.05) is 13.0 Å². The van der Waals surface area contributed by atoms with Gasteiger partial charge < -0.3 is 5.32 Å². The van der Waals surface area contributed by atoms with Gasteiger partial charge in [0.15, 0.2) is 0 Å². The predicted molar refractivity (Wildman–Crippen MR) is 78.1 cm³/mol. The van der Waals surface area contributed by atoms with Gasteiger partial charge in [-0.15, -0.1) is 0 Å². The van der Waals surface area contributed by atoms with Crippen molar-refractivity contribution in [2.24, 2.45) is 0 Å². The van der Waals surface area contributed by atoms with E-state index in [1.54, 1.807) is 16.8 Å². The number of rotatable bonds is 4. The molecule has 0 spiro atoms. The summed E-state index contributed by atoms with van der Waals surface area (Å²) >= 11 is 3.45. The average molecular weight is 326 g/mol. The van der Waals surface area contributed by atoms with E-state index >= 15 is 0 Å². The minimum Gasteiger partial charge on any atom is -0.313 e. The lowest BCUT2D eigenvalue weighted by Crippen LogP contribution is -2.12. The minimum atomic E-state index is -0.256. The van der Waals surface area contributed by atoms with E-state index in [1.165, 1.54) is 0 Å². The number of nitrogens with one attached hydrogen (secondary N) is 1. The van der Waals surface area contributed by atoms with Crippen molar-refractivity contribution in [3.63, 3.8) is 0 Å². The van der Waals surface area contributed by atoms with Crippen molar-refractivity contribution in [3.05, 3.63) is 45.4 Å². The summed E-state index contributed by atoms with van der Waals surface area (Å²) in [6.07, 6.45) is 0. The summed E-state index contributed by atoms with van der Waals surface area (Å²) in [6.45, 7) is 7.38. The maximum atomic E-state index is 14.2. The van der Waals surface area contributed by atoms with Crippen molar-refractivity contribution in [3.8, 4) is 5.69 Å². The van der Waals surface area contributed by atoms with Gasteiger partial charge in [-0.05, 0) is 54.0 Å². The number of aromatic nitrogens is 2. The number of benzene rings is 1. The number of aryl methyl sites for hydroxylation is 1. The van der Waals surface area contributed by atoms with Crippen LogP contribution in [0.4, 0.5) is 4.39 Å². The Hall–Kier alpha value is -1.20. The third-order valence-electron chi connectivity index (χ3n) is 3.02. The van der Waals surface area contributed by atoms with Gasteiger partial charge in [-0.2, -0.15) is 5.10 Å². The van der Waals surface area contributed by atoms with Crippen LogP contribution in [0.25, 0.3) is 5.69 Å². The molecule has 3 nitrogen and oxygen atoms in total. The fourth-order valence-corrected chi connectivity index (χ4v) is 2.21. The highest BCUT2D eigenvalue weighted by Gasteiger charge is 2.13. The van der Waals surface area contributed by atoms with Crippen LogP contribution >= 0.6 is 15.9 Å². The smallest absolute Gasteiger partial charge is 0.149 e. The first kappa shape index (κ1) is 14.2. The summed E-state index contributed by atoms with van der Waals surface area (Å²) < 4.78 is 16.7. The highest BCUT2D eigenvalue weighted by Crippen LogP contribution is 2.24. The van der Waals surface area contributed by atoms with Crippen LogP contribution in [0.3, 0.4) is 0 Å². The molecule has 5 heteroatoms. The van der Waals surface area contributed by atoms with E-state index in [9.17, 15) is 4.39 Å². The van der Waals surface area contributed by atoms with Crippen LogP contribution in [0.1, 0.15) is 23.9 Å². The first-order valence-corrected chi connectivity index (χ1v) is 7.05. The largest absolute Gasteiger partial charge is 0.313 e. The second-order valence-electron chi connectivity index (χ2n) is 4.46. The quantitative estimate of drug-likeness (QED) is 0.932. The molecule has 0 bridgehead atoms. The Labute approximate surface area is 121 Å². The second-order valence-corrected chi connectivity index (χ2v) is 5.26. The van der Waals surface area contributed by atoms with Crippen LogP contribution in [0.15, 0.2) is 22.7 Å². The molecule has 2 aromatic rings. The number of nitrogens with zero attached hydrogens (tertiary/aromatic N) is 2. The molecule has 0 radical (unpaired) electrons. The monoisotopic (exact) mass is 325 g/mol. The van der Waals surface area contributed by atoms with Crippen LogP contribution in [0.5, 0.6) is 0 Å². The fourth-order valence-electron chi connectivity index (χ4n) is 1.96. The summed E-state index contributed by atoms with van der Waals surface area (Å²) in [5.41, 5.74) is 3.17. The Morgan fingerprint density at radius 1 is 1.37 bits per heavy atom. The Bertz CT molecular complexity index is 593. The van der Waals surface area contributed by atoms with Crippen molar-refractivity contribution in [2.45, 2.75) is 27.3 Å². The molecule has 0 aliphatic rings.